The molecule has 0 aliphatic rings. The molecule has 0 aliphatic heterocycles. The van der Waals surface area contributed by atoms with Crippen LogP contribution < -0.4 is 9.62 Å². The Morgan fingerprint density at radius 1 is 1.08 bits per heavy atom. The highest BCUT2D eigenvalue weighted by Crippen LogP contribution is 2.27. The number of nitrogens with one attached hydrogen (secondary N) is 1. The minimum atomic E-state index is -3.56. The first-order valence-electron chi connectivity index (χ1n) is 8.47. The number of hydrogen-bond acceptors (Lipinski definition) is 3. The SMILES string of the molecule is Cc1ccc(N(CC(=O)NC(C)(C)CC(C)(C)C)S(C)(=O)=O)cc1C. The summed E-state index contributed by atoms with van der Waals surface area (Å²) in [4.78, 5) is 12.5. The Morgan fingerprint density at radius 3 is 2.08 bits per heavy atom. The lowest BCUT2D eigenvalue weighted by molar-refractivity contribution is -0.121. The minimum absolute atomic E-state index is 0.0569. The van der Waals surface area contributed by atoms with Gasteiger partial charge in [-0.15, -0.1) is 0 Å². The van der Waals surface area contributed by atoms with Gasteiger partial charge in [0.1, 0.15) is 6.54 Å². The number of benzene rings is 1. The first-order chi connectivity index (χ1) is 11.1. The van der Waals surface area contributed by atoms with E-state index in [0.717, 1.165) is 28.1 Å². The van der Waals surface area contributed by atoms with Crippen molar-refractivity contribution < 1.29 is 13.2 Å². The van der Waals surface area contributed by atoms with Crippen LogP contribution in [0.1, 0.15) is 52.2 Å². The average Bonchev–Trinajstić information content (AvgIpc) is 2.34. The van der Waals surface area contributed by atoms with Crippen molar-refractivity contribution in [2.24, 2.45) is 5.41 Å². The zero-order valence-electron chi connectivity index (χ0n) is 16.7. The van der Waals surface area contributed by atoms with Crippen molar-refractivity contribution in [2.45, 2.75) is 60.4 Å². The minimum Gasteiger partial charge on any atom is -0.350 e. The highest BCUT2D eigenvalue weighted by molar-refractivity contribution is 7.92. The van der Waals surface area contributed by atoms with Gasteiger partial charge in [0.2, 0.25) is 15.9 Å². The van der Waals surface area contributed by atoms with Crippen LogP contribution in [-0.4, -0.2) is 32.7 Å². The third-order valence-corrected chi connectivity index (χ3v) is 5.06. The van der Waals surface area contributed by atoms with Gasteiger partial charge in [0.15, 0.2) is 0 Å². The Kier molecular flexibility index (Phi) is 6.32. The molecule has 0 heterocycles. The summed E-state index contributed by atoms with van der Waals surface area (Å²) >= 11 is 0. The van der Waals surface area contributed by atoms with Crippen LogP contribution >= 0.6 is 0 Å². The molecule has 1 N–H and O–H groups in total. The molecule has 0 radical (unpaired) electrons. The smallest absolute Gasteiger partial charge is 0.241 e. The van der Waals surface area contributed by atoms with E-state index in [1.54, 1.807) is 12.1 Å². The molecule has 0 bridgehead atoms. The largest absolute Gasteiger partial charge is 0.350 e. The van der Waals surface area contributed by atoms with E-state index in [4.69, 9.17) is 0 Å². The first-order valence-corrected chi connectivity index (χ1v) is 10.3. The molecule has 1 rings (SSSR count). The maximum atomic E-state index is 12.5. The topological polar surface area (TPSA) is 66.5 Å². The predicted octanol–water partition coefficient (Wildman–Crippen LogP) is 3.40. The average molecular weight is 369 g/mol. The molecule has 6 heteroatoms. The molecule has 0 spiro atoms. The van der Waals surface area contributed by atoms with Crippen molar-refractivity contribution in [3.63, 3.8) is 0 Å². The molecule has 0 aliphatic carbocycles. The van der Waals surface area contributed by atoms with E-state index in [1.807, 2.05) is 33.8 Å². The Morgan fingerprint density at radius 2 is 1.64 bits per heavy atom. The van der Waals surface area contributed by atoms with Gasteiger partial charge in [-0.1, -0.05) is 26.8 Å². The fourth-order valence-electron chi connectivity index (χ4n) is 3.20. The van der Waals surface area contributed by atoms with E-state index >= 15 is 0 Å². The van der Waals surface area contributed by atoms with Crippen LogP contribution in [-0.2, 0) is 14.8 Å². The Labute approximate surface area is 152 Å². The van der Waals surface area contributed by atoms with Crippen LogP contribution in [0, 0.1) is 19.3 Å². The van der Waals surface area contributed by atoms with Gasteiger partial charge in [-0.2, -0.15) is 0 Å². The van der Waals surface area contributed by atoms with Gasteiger partial charge in [-0.25, -0.2) is 8.42 Å². The summed E-state index contributed by atoms with van der Waals surface area (Å²) in [6.07, 6.45) is 1.91. The lowest BCUT2D eigenvalue weighted by Gasteiger charge is -2.34. The predicted molar refractivity (Wildman–Crippen MR) is 104 cm³/mol. The zero-order valence-corrected chi connectivity index (χ0v) is 17.5. The van der Waals surface area contributed by atoms with Gasteiger partial charge in [-0.3, -0.25) is 9.10 Å². The molecule has 0 aromatic heterocycles. The van der Waals surface area contributed by atoms with Crippen LogP contribution in [0.2, 0.25) is 0 Å². The molecule has 1 aromatic rings. The summed E-state index contributed by atoms with van der Waals surface area (Å²) in [5.41, 5.74) is 2.21. The highest BCUT2D eigenvalue weighted by atomic mass is 32.2. The second-order valence-electron chi connectivity index (χ2n) is 8.71. The fraction of sp³-hybridized carbons (Fsp3) is 0.632. The van der Waals surface area contributed by atoms with Gasteiger partial charge in [0.25, 0.3) is 0 Å². The number of carbonyl (C=O) groups is 1. The van der Waals surface area contributed by atoms with Crippen LogP contribution in [0.15, 0.2) is 18.2 Å². The quantitative estimate of drug-likeness (QED) is 0.837. The normalized spacial score (nSPS) is 12.8. The third-order valence-electron chi connectivity index (χ3n) is 3.92. The van der Waals surface area contributed by atoms with Crippen molar-refractivity contribution >= 4 is 21.6 Å². The summed E-state index contributed by atoms with van der Waals surface area (Å²) in [6, 6.07) is 5.39. The Hall–Kier alpha value is -1.56. The van der Waals surface area contributed by atoms with E-state index in [1.165, 1.54) is 0 Å². The number of aryl methyl sites for hydroxylation is 2. The van der Waals surface area contributed by atoms with Crippen molar-refractivity contribution in [2.75, 3.05) is 17.1 Å². The maximum Gasteiger partial charge on any atom is 0.241 e. The lowest BCUT2D eigenvalue weighted by atomic mass is 9.82. The summed E-state index contributed by atoms with van der Waals surface area (Å²) in [6.45, 7) is 13.9. The molecule has 5 nitrogen and oxygen atoms in total. The van der Waals surface area contributed by atoms with Gasteiger partial charge in [0.05, 0.1) is 11.9 Å². The fourth-order valence-corrected chi connectivity index (χ4v) is 4.05. The summed E-state index contributed by atoms with van der Waals surface area (Å²) in [5, 5.41) is 2.97. The van der Waals surface area contributed by atoms with Gasteiger partial charge < -0.3 is 5.32 Å². The highest BCUT2D eigenvalue weighted by Gasteiger charge is 2.29. The number of rotatable bonds is 6. The van der Waals surface area contributed by atoms with E-state index < -0.39 is 15.6 Å². The summed E-state index contributed by atoms with van der Waals surface area (Å²) in [5.74, 6) is -0.307. The van der Waals surface area contributed by atoms with E-state index in [2.05, 4.69) is 26.1 Å². The van der Waals surface area contributed by atoms with Gasteiger partial charge in [0, 0.05) is 5.54 Å². The molecule has 0 atom stereocenters. The summed E-state index contributed by atoms with van der Waals surface area (Å²) < 4.78 is 25.6. The maximum absolute atomic E-state index is 12.5. The molecule has 0 saturated heterocycles. The van der Waals surface area contributed by atoms with Gasteiger partial charge >= 0.3 is 0 Å². The number of nitrogens with zero attached hydrogens (tertiary/aromatic N) is 1. The first kappa shape index (κ1) is 21.5. The van der Waals surface area contributed by atoms with Gasteiger partial charge in [-0.05, 0) is 62.8 Å². The zero-order chi connectivity index (χ0) is 19.6. The molecule has 142 valence electrons. The van der Waals surface area contributed by atoms with Crippen molar-refractivity contribution in [3.05, 3.63) is 29.3 Å². The molecule has 1 amide bonds. The van der Waals surface area contributed by atoms with Crippen molar-refractivity contribution in [1.29, 1.82) is 0 Å². The molecule has 0 fully saturated rings. The number of amides is 1. The standard InChI is InChI=1S/C19H32N2O3S/c1-14-9-10-16(11-15(14)2)21(25(8,23)24)12-17(22)20-19(6,7)13-18(3,4)5/h9-11H,12-13H2,1-8H3,(H,20,22). The molecule has 1 aromatic carbocycles. The van der Waals surface area contributed by atoms with Crippen LogP contribution in [0.25, 0.3) is 0 Å². The lowest BCUT2D eigenvalue weighted by Crippen LogP contribution is -2.50. The molecule has 0 unspecified atom stereocenters. The number of hydrogen-bond donors (Lipinski definition) is 1. The Balaban J connectivity index is 3.00. The number of carbonyl (C=O) groups excluding carboxylic acids is 1. The van der Waals surface area contributed by atoms with Crippen LogP contribution in [0.3, 0.4) is 0 Å². The summed E-state index contributed by atoms with van der Waals surface area (Å²) in [7, 11) is -3.56. The molecule has 0 saturated carbocycles. The number of anilines is 1. The second kappa shape index (κ2) is 7.36. The van der Waals surface area contributed by atoms with Crippen LogP contribution in [0.5, 0.6) is 0 Å². The molecular weight excluding hydrogens is 336 g/mol. The Bertz CT molecular complexity index is 732. The van der Waals surface area contributed by atoms with Crippen LogP contribution in [0.4, 0.5) is 5.69 Å². The molecule has 25 heavy (non-hydrogen) atoms. The van der Waals surface area contributed by atoms with E-state index in [-0.39, 0.29) is 17.9 Å². The monoisotopic (exact) mass is 368 g/mol. The van der Waals surface area contributed by atoms with Crippen molar-refractivity contribution in [1.82, 2.24) is 5.32 Å². The van der Waals surface area contributed by atoms with Crippen molar-refractivity contribution in [3.8, 4) is 0 Å². The van der Waals surface area contributed by atoms with E-state index in [9.17, 15) is 13.2 Å². The third kappa shape index (κ3) is 7.06. The molecular formula is C19H32N2O3S. The van der Waals surface area contributed by atoms with E-state index in [0.29, 0.717) is 5.69 Å². The number of sulfonamides is 1. The second-order valence-corrected chi connectivity index (χ2v) is 10.6.